The molecule has 0 spiro atoms. The normalized spacial score (nSPS) is 25.0. The second-order valence-electron chi connectivity index (χ2n) is 6.93. The van der Waals surface area contributed by atoms with E-state index in [1.165, 1.54) is 11.1 Å². The lowest BCUT2D eigenvalue weighted by Gasteiger charge is -2.22. The lowest BCUT2D eigenvalue weighted by molar-refractivity contribution is 0.0913. The van der Waals surface area contributed by atoms with Gasteiger partial charge in [0.1, 0.15) is 5.76 Å². The number of benzene rings is 1. The summed E-state index contributed by atoms with van der Waals surface area (Å²) in [4.78, 5) is 15.0. The van der Waals surface area contributed by atoms with Crippen LogP contribution in [0.25, 0.3) is 0 Å². The molecular formula is C19H23N3O3. The highest BCUT2D eigenvalue weighted by Crippen LogP contribution is 2.49. The minimum Gasteiger partial charge on any atom is -0.383 e. The Morgan fingerprint density at radius 3 is 2.88 bits per heavy atom. The van der Waals surface area contributed by atoms with E-state index in [1.54, 1.807) is 20.1 Å². The van der Waals surface area contributed by atoms with Gasteiger partial charge in [0.2, 0.25) is 0 Å². The number of likely N-dealkylation sites (tertiary alicyclic amines) is 1. The maximum Gasteiger partial charge on any atom is 0.273 e. The lowest BCUT2D eigenvalue weighted by Crippen LogP contribution is -2.34. The highest BCUT2D eigenvalue weighted by atomic mass is 16.5. The van der Waals surface area contributed by atoms with Crippen LogP contribution in [0, 0.1) is 12.8 Å². The molecule has 1 aromatic heterocycles. The Kier molecular flexibility index (Phi) is 4.31. The van der Waals surface area contributed by atoms with Crippen LogP contribution in [-0.2, 0) is 4.74 Å². The second kappa shape index (κ2) is 6.61. The number of hydrogen-bond acceptors (Lipinski definition) is 5. The predicted octanol–water partition coefficient (Wildman–Crippen LogP) is 2.13. The molecule has 132 valence electrons. The first-order valence-electron chi connectivity index (χ1n) is 8.71. The molecule has 2 aromatic rings. The summed E-state index contributed by atoms with van der Waals surface area (Å²) in [6, 6.07) is 10.1. The van der Waals surface area contributed by atoms with Gasteiger partial charge in [0.05, 0.1) is 12.6 Å². The summed E-state index contributed by atoms with van der Waals surface area (Å²) in [6.07, 6.45) is 0. The molecule has 1 amide bonds. The van der Waals surface area contributed by atoms with Crippen LogP contribution in [0.2, 0.25) is 0 Å². The third-order valence-electron chi connectivity index (χ3n) is 5.36. The summed E-state index contributed by atoms with van der Waals surface area (Å²) >= 11 is 0. The van der Waals surface area contributed by atoms with E-state index in [4.69, 9.17) is 9.26 Å². The number of fused-ring (bicyclic) bond motifs is 3. The van der Waals surface area contributed by atoms with Crippen LogP contribution in [0.5, 0.6) is 0 Å². The Labute approximate surface area is 147 Å². The summed E-state index contributed by atoms with van der Waals surface area (Å²) in [5.74, 6) is 1.30. The monoisotopic (exact) mass is 341 g/mol. The Morgan fingerprint density at radius 2 is 2.16 bits per heavy atom. The van der Waals surface area contributed by atoms with Crippen molar-refractivity contribution in [3.05, 3.63) is 52.9 Å². The fourth-order valence-electron chi connectivity index (χ4n) is 4.22. The number of methoxy groups -OCH3 is 1. The fourth-order valence-corrected chi connectivity index (χ4v) is 4.22. The summed E-state index contributed by atoms with van der Waals surface area (Å²) in [5, 5.41) is 7.03. The zero-order valence-electron chi connectivity index (χ0n) is 14.6. The molecule has 0 bridgehead atoms. The largest absolute Gasteiger partial charge is 0.383 e. The van der Waals surface area contributed by atoms with Crippen molar-refractivity contribution in [1.29, 1.82) is 0 Å². The van der Waals surface area contributed by atoms with Gasteiger partial charge >= 0.3 is 0 Å². The number of carbonyl (C=O) groups excluding carboxylic acids is 1. The molecule has 1 aliphatic carbocycles. The first-order chi connectivity index (χ1) is 12.2. The highest BCUT2D eigenvalue weighted by Gasteiger charge is 2.46. The van der Waals surface area contributed by atoms with Gasteiger partial charge in [-0.2, -0.15) is 0 Å². The number of nitrogens with zero attached hydrogens (tertiary/aromatic N) is 2. The zero-order valence-corrected chi connectivity index (χ0v) is 14.6. The maximum absolute atomic E-state index is 12.6. The van der Waals surface area contributed by atoms with E-state index in [0.29, 0.717) is 23.3 Å². The van der Waals surface area contributed by atoms with Gasteiger partial charge in [-0.3, -0.25) is 4.79 Å². The molecule has 4 rings (SSSR count). The average molecular weight is 341 g/mol. The molecule has 1 saturated heterocycles. The van der Waals surface area contributed by atoms with Gasteiger partial charge < -0.3 is 19.5 Å². The van der Waals surface area contributed by atoms with Crippen molar-refractivity contribution in [3.63, 3.8) is 0 Å². The molecule has 25 heavy (non-hydrogen) atoms. The van der Waals surface area contributed by atoms with Crippen molar-refractivity contribution in [1.82, 2.24) is 15.4 Å². The minimum absolute atomic E-state index is 0.0123. The molecule has 1 N–H and O–H groups in total. The van der Waals surface area contributed by atoms with E-state index in [2.05, 4.69) is 33.6 Å². The molecule has 1 fully saturated rings. The topological polar surface area (TPSA) is 67.6 Å². The minimum atomic E-state index is -0.173. The van der Waals surface area contributed by atoms with Crippen LogP contribution in [0.4, 0.5) is 0 Å². The number of nitrogens with one attached hydrogen (secondary N) is 1. The molecule has 1 aliphatic heterocycles. The number of amides is 1. The highest BCUT2D eigenvalue weighted by molar-refractivity contribution is 5.92. The van der Waals surface area contributed by atoms with E-state index in [1.807, 2.05) is 6.07 Å². The van der Waals surface area contributed by atoms with Gasteiger partial charge in [-0.05, 0) is 18.1 Å². The Balaban J connectivity index is 1.57. The molecule has 0 radical (unpaired) electrons. The molecule has 2 heterocycles. The zero-order chi connectivity index (χ0) is 17.4. The summed E-state index contributed by atoms with van der Waals surface area (Å²) in [7, 11) is 1.73. The number of rotatable bonds is 5. The quantitative estimate of drug-likeness (QED) is 0.902. The van der Waals surface area contributed by atoms with Crippen LogP contribution >= 0.6 is 0 Å². The van der Waals surface area contributed by atoms with Gasteiger partial charge in [-0.25, -0.2) is 0 Å². The van der Waals surface area contributed by atoms with Crippen LogP contribution < -0.4 is 5.32 Å². The van der Waals surface area contributed by atoms with Crippen molar-refractivity contribution in [3.8, 4) is 0 Å². The number of aromatic nitrogens is 1. The summed E-state index contributed by atoms with van der Waals surface area (Å²) < 4.78 is 10.3. The van der Waals surface area contributed by atoms with E-state index in [-0.39, 0.29) is 11.9 Å². The standard InChI is InChI=1S/C19H23N3O3/c1-12-9-17(21-25-12)19(23)20-18-14-6-4-3-5-13(14)15-10-22(7-8-24-2)11-16(15)18/h3-6,9,15-16,18H,7-8,10-11H2,1-2H3,(H,20,23)/t15-,16-,18+/m0/s1. The van der Waals surface area contributed by atoms with Crippen molar-refractivity contribution < 1.29 is 14.1 Å². The van der Waals surface area contributed by atoms with Gasteiger partial charge in [0.25, 0.3) is 5.91 Å². The molecule has 6 heteroatoms. The fraction of sp³-hybridized carbons (Fsp3) is 0.474. The number of aryl methyl sites for hydroxylation is 1. The molecule has 0 saturated carbocycles. The van der Waals surface area contributed by atoms with Crippen LogP contribution in [-0.4, -0.2) is 49.3 Å². The van der Waals surface area contributed by atoms with Gasteiger partial charge in [-0.15, -0.1) is 0 Å². The second-order valence-corrected chi connectivity index (χ2v) is 6.93. The molecule has 0 unspecified atom stereocenters. The number of carbonyl (C=O) groups is 1. The predicted molar refractivity (Wildman–Crippen MR) is 92.4 cm³/mol. The van der Waals surface area contributed by atoms with Gasteiger partial charge in [0, 0.05) is 44.6 Å². The van der Waals surface area contributed by atoms with Crippen molar-refractivity contribution in [2.75, 3.05) is 33.4 Å². The van der Waals surface area contributed by atoms with Crippen molar-refractivity contribution in [2.45, 2.75) is 18.9 Å². The first-order valence-corrected chi connectivity index (χ1v) is 8.71. The molecular weight excluding hydrogens is 318 g/mol. The van der Waals surface area contributed by atoms with Crippen molar-refractivity contribution in [2.24, 2.45) is 5.92 Å². The smallest absolute Gasteiger partial charge is 0.273 e. The van der Waals surface area contributed by atoms with E-state index < -0.39 is 0 Å². The molecule has 3 atom stereocenters. The maximum atomic E-state index is 12.6. The Hall–Kier alpha value is -2.18. The molecule has 2 aliphatic rings. The number of ether oxygens (including phenoxy) is 1. The Morgan fingerprint density at radius 1 is 1.36 bits per heavy atom. The lowest BCUT2D eigenvalue weighted by atomic mass is 9.94. The van der Waals surface area contributed by atoms with Crippen molar-refractivity contribution >= 4 is 5.91 Å². The summed E-state index contributed by atoms with van der Waals surface area (Å²) in [6.45, 7) is 5.42. The van der Waals surface area contributed by atoms with Gasteiger partial charge in [-0.1, -0.05) is 29.4 Å². The third-order valence-corrected chi connectivity index (χ3v) is 5.36. The van der Waals surface area contributed by atoms with E-state index in [9.17, 15) is 4.79 Å². The van der Waals surface area contributed by atoms with Gasteiger partial charge in [0.15, 0.2) is 5.69 Å². The Bertz CT molecular complexity index is 773. The van der Waals surface area contributed by atoms with Crippen LogP contribution in [0.3, 0.4) is 0 Å². The SMILES string of the molecule is COCCN1C[C@@H]2[C@H](NC(=O)c3cc(C)on3)c3ccccc3[C@@H]2C1. The first kappa shape index (κ1) is 16.3. The van der Waals surface area contributed by atoms with E-state index in [0.717, 1.165) is 26.2 Å². The summed E-state index contributed by atoms with van der Waals surface area (Å²) in [5.41, 5.74) is 2.93. The third kappa shape index (κ3) is 2.96. The average Bonchev–Trinajstić information content (AvgIpc) is 3.29. The number of hydrogen-bond donors (Lipinski definition) is 1. The molecule has 6 nitrogen and oxygen atoms in total. The van der Waals surface area contributed by atoms with E-state index >= 15 is 0 Å². The van der Waals surface area contributed by atoms with Crippen LogP contribution in [0.15, 0.2) is 34.9 Å². The van der Waals surface area contributed by atoms with Crippen LogP contribution in [0.1, 0.15) is 39.3 Å². The molecule has 1 aromatic carbocycles.